The van der Waals surface area contributed by atoms with E-state index in [0.29, 0.717) is 23.2 Å². The van der Waals surface area contributed by atoms with Gasteiger partial charge in [-0.3, -0.25) is 4.79 Å². The molecule has 1 aromatic heterocycles. The molecule has 0 aliphatic rings. The molecule has 1 N–H and O–H groups in total. The summed E-state index contributed by atoms with van der Waals surface area (Å²) in [7, 11) is 1.24. The highest BCUT2D eigenvalue weighted by Crippen LogP contribution is 2.30. The minimum absolute atomic E-state index is 0.0570. The van der Waals surface area contributed by atoms with Gasteiger partial charge in [-0.05, 0) is 36.8 Å². The van der Waals surface area contributed by atoms with Gasteiger partial charge in [-0.2, -0.15) is 0 Å². The number of furan rings is 1. The molecule has 0 amide bonds. The van der Waals surface area contributed by atoms with Gasteiger partial charge in [0.1, 0.15) is 17.1 Å². The molecule has 2 aromatic rings. The van der Waals surface area contributed by atoms with Crippen LogP contribution in [0.2, 0.25) is 0 Å². The Morgan fingerprint density at radius 1 is 1.37 bits per heavy atom. The van der Waals surface area contributed by atoms with Crippen LogP contribution in [0, 0.1) is 6.92 Å². The monoisotopic (exact) mass is 260 g/mol. The smallest absolute Gasteiger partial charge is 0.341 e. The van der Waals surface area contributed by atoms with Crippen molar-refractivity contribution >= 4 is 12.3 Å². The molecule has 0 saturated carbocycles. The van der Waals surface area contributed by atoms with E-state index in [1.807, 2.05) is 0 Å². The van der Waals surface area contributed by atoms with Crippen LogP contribution in [0.5, 0.6) is 5.75 Å². The van der Waals surface area contributed by atoms with Crippen LogP contribution in [0.15, 0.2) is 28.7 Å². The zero-order valence-electron chi connectivity index (χ0n) is 10.5. The van der Waals surface area contributed by atoms with Gasteiger partial charge in [0, 0.05) is 5.56 Å². The molecule has 5 nitrogen and oxygen atoms in total. The quantitative estimate of drug-likeness (QED) is 0.678. The van der Waals surface area contributed by atoms with E-state index < -0.39 is 5.97 Å². The summed E-state index contributed by atoms with van der Waals surface area (Å²) in [4.78, 5) is 22.1. The Bertz CT molecular complexity index is 639. The Labute approximate surface area is 109 Å². The first-order chi connectivity index (χ1) is 9.06. The van der Waals surface area contributed by atoms with E-state index in [4.69, 9.17) is 4.42 Å². The molecule has 1 aromatic carbocycles. The van der Waals surface area contributed by atoms with Crippen molar-refractivity contribution in [1.82, 2.24) is 0 Å². The third kappa shape index (κ3) is 2.35. The van der Waals surface area contributed by atoms with Crippen LogP contribution in [-0.4, -0.2) is 24.5 Å². The number of benzene rings is 1. The van der Waals surface area contributed by atoms with E-state index in [0.717, 1.165) is 0 Å². The molecule has 19 heavy (non-hydrogen) atoms. The molecule has 0 unspecified atom stereocenters. The zero-order valence-corrected chi connectivity index (χ0v) is 10.5. The lowest BCUT2D eigenvalue weighted by atomic mass is 10.0. The number of ether oxygens (including phenoxy) is 1. The number of methoxy groups -OCH3 is 1. The predicted molar refractivity (Wildman–Crippen MR) is 67.3 cm³/mol. The Morgan fingerprint density at radius 2 is 2.11 bits per heavy atom. The number of phenols is 1. The van der Waals surface area contributed by atoms with Gasteiger partial charge < -0.3 is 14.3 Å². The van der Waals surface area contributed by atoms with Crippen LogP contribution in [0.4, 0.5) is 0 Å². The van der Waals surface area contributed by atoms with Crippen molar-refractivity contribution in [2.24, 2.45) is 0 Å². The molecule has 0 aliphatic carbocycles. The summed E-state index contributed by atoms with van der Waals surface area (Å²) in [6.07, 6.45) is 0.595. The molecule has 0 spiro atoms. The van der Waals surface area contributed by atoms with E-state index in [1.165, 1.54) is 19.2 Å². The van der Waals surface area contributed by atoms with Crippen molar-refractivity contribution in [2.45, 2.75) is 6.92 Å². The molecule has 5 heteroatoms. The molecule has 0 atom stereocenters. The van der Waals surface area contributed by atoms with Crippen molar-refractivity contribution in [2.75, 3.05) is 7.11 Å². The van der Waals surface area contributed by atoms with Gasteiger partial charge in [0.15, 0.2) is 12.0 Å². The maximum absolute atomic E-state index is 11.6. The van der Waals surface area contributed by atoms with Crippen LogP contribution in [0.25, 0.3) is 11.3 Å². The number of aromatic hydroxyl groups is 1. The van der Waals surface area contributed by atoms with Gasteiger partial charge in [0.25, 0.3) is 0 Å². The predicted octanol–water partition coefficient (Wildman–Crippen LogP) is 2.56. The number of phenolic OH excluding ortho intramolecular Hbond substituents is 1. The maximum Gasteiger partial charge on any atom is 0.341 e. The van der Waals surface area contributed by atoms with E-state index in [-0.39, 0.29) is 17.1 Å². The first-order valence-electron chi connectivity index (χ1n) is 5.54. The lowest BCUT2D eigenvalue weighted by Gasteiger charge is -2.08. The van der Waals surface area contributed by atoms with E-state index in [2.05, 4.69) is 4.74 Å². The molecule has 98 valence electrons. The van der Waals surface area contributed by atoms with Gasteiger partial charge in [0.2, 0.25) is 0 Å². The van der Waals surface area contributed by atoms with Gasteiger partial charge in [-0.15, -0.1) is 0 Å². The highest BCUT2D eigenvalue weighted by atomic mass is 16.5. The fourth-order valence-electron chi connectivity index (χ4n) is 1.76. The Hall–Kier alpha value is -2.56. The highest BCUT2D eigenvalue weighted by Gasteiger charge is 2.17. The lowest BCUT2D eigenvalue weighted by molar-refractivity contribution is 0.0597. The number of carbonyl (C=O) groups is 2. The first-order valence-corrected chi connectivity index (χ1v) is 5.54. The molecule has 1 heterocycles. The Morgan fingerprint density at radius 3 is 2.68 bits per heavy atom. The highest BCUT2D eigenvalue weighted by molar-refractivity contribution is 5.94. The minimum atomic E-state index is -0.635. The average Bonchev–Trinajstić information content (AvgIpc) is 2.89. The summed E-state index contributed by atoms with van der Waals surface area (Å²) in [6.45, 7) is 1.66. The number of hydrogen-bond acceptors (Lipinski definition) is 5. The van der Waals surface area contributed by atoms with Gasteiger partial charge >= 0.3 is 5.97 Å². The third-order valence-electron chi connectivity index (χ3n) is 2.73. The largest absolute Gasteiger partial charge is 0.507 e. The minimum Gasteiger partial charge on any atom is -0.507 e. The third-order valence-corrected chi connectivity index (χ3v) is 2.73. The van der Waals surface area contributed by atoms with Gasteiger partial charge in [-0.25, -0.2) is 4.79 Å². The van der Waals surface area contributed by atoms with Crippen LogP contribution in [0.3, 0.4) is 0 Å². The van der Waals surface area contributed by atoms with Crippen molar-refractivity contribution in [1.29, 1.82) is 0 Å². The van der Waals surface area contributed by atoms with Gasteiger partial charge in [0.05, 0.1) is 7.11 Å². The molecular formula is C14H12O5. The average molecular weight is 260 g/mol. The van der Waals surface area contributed by atoms with Crippen LogP contribution >= 0.6 is 0 Å². The standard InChI is InChI=1S/C14H12O5/c1-8-5-9(12-4-3-10(7-15)19-12)6-11(13(8)16)14(17)18-2/h3-7,16H,1-2H3. The number of aryl methyl sites for hydroxylation is 1. The van der Waals surface area contributed by atoms with Crippen molar-refractivity contribution in [3.63, 3.8) is 0 Å². The lowest BCUT2D eigenvalue weighted by Crippen LogP contribution is -2.02. The summed E-state index contributed by atoms with van der Waals surface area (Å²) >= 11 is 0. The molecule has 0 aliphatic heterocycles. The van der Waals surface area contributed by atoms with E-state index >= 15 is 0 Å². The molecule has 0 bridgehead atoms. The summed E-state index contributed by atoms with van der Waals surface area (Å²) in [5.41, 5.74) is 1.16. The SMILES string of the molecule is COC(=O)c1cc(-c2ccc(C=O)o2)cc(C)c1O. The second kappa shape index (κ2) is 4.97. The summed E-state index contributed by atoms with van der Waals surface area (Å²) in [5.74, 6) is -0.127. The fourth-order valence-corrected chi connectivity index (χ4v) is 1.76. The second-order valence-electron chi connectivity index (χ2n) is 4.00. The number of hydrogen-bond donors (Lipinski definition) is 1. The van der Waals surface area contributed by atoms with E-state index in [1.54, 1.807) is 19.1 Å². The Balaban J connectivity index is 2.55. The topological polar surface area (TPSA) is 76.7 Å². The number of rotatable bonds is 3. The second-order valence-corrected chi connectivity index (χ2v) is 4.00. The normalized spacial score (nSPS) is 10.2. The van der Waals surface area contributed by atoms with Crippen LogP contribution in [-0.2, 0) is 4.74 Å². The summed E-state index contributed by atoms with van der Waals surface area (Å²) < 4.78 is 9.88. The number of esters is 1. The van der Waals surface area contributed by atoms with Crippen LogP contribution in [0.1, 0.15) is 26.5 Å². The summed E-state index contributed by atoms with van der Waals surface area (Å²) in [6, 6.07) is 6.27. The maximum atomic E-state index is 11.6. The summed E-state index contributed by atoms with van der Waals surface area (Å²) in [5, 5.41) is 9.83. The number of carbonyl (C=O) groups excluding carboxylic acids is 2. The molecule has 0 fully saturated rings. The first kappa shape index (κ1) is 12.9. The molecule has 2 rings (SSSR count). The fraction of sp³-hybridized carbons (Fsp3) is 0.143. The van der Waals surface area contributed by atoms with E-state index in [9.17, 15) is 14.7 Å². The van der Waals surface area contributed by atoms with Gasteiger partial charge in [-0.1, -0.05) is 0 Å². The number of aldehydes is 1. The molecule has 0 radical (unpaired) electrons. The van der Waals surface area contributed by atoms with Crippen molar-refractivity contribution in [3.05, 3.63) is 41.2 Å². The molecule has 0 saturated heterocycles. The zero-order chi connectivity index (χ0) is 14.0. The molecular weight excluding hydrogens is 248 g/mol. The van der Waals surface area contributed by atoms with Crippen molar-refractivity contribution < 1.29 is 23.8 Å². The van der Waals surface area contributed by atoms with Crippen molar-refractivity contribution in [3.8, 4) is 17.1 Å². The van der Waals surface area contributed by atoms with Crippen LogP contribution < -0.4 is 0 Å². The Kier molecular flexibility index (Phi) is 3.37.